The van der Waals surface area contributed by atoms with E-state index in [9.17, 15) is 9.59 Å². The number of hydrogen-bond acceptors (Lipinski definition) is 7. The van der Waals surface area contributed by atoms with Crippen LogP contribution in [0.3, 0.4) is 0 Å². The molecule has 0 aliphatic heterocycles. The molecule has 0 saturated heterocycles. The van der Waals surface area contributed by atoms with E-state index >= 15 is 0 Å². The highest BCUT2D eigenvalue weighted by Gasteiger charge is 2.29. The molecule has 0 bridgehead atoms. The fourth-order valence-electron chi connectivity index (χ4n) is 2.74. The highest BCUT2D eigenvalue weighted by atomic mass is 35.5. The highest BCUT2D eigenvalue weighted by Crippen LogP contribution is 2.38. The van der Waals surface area contributed by atoms with E-state index in [-0.39, 0.29) is 38.3 Å². The second-order valence-corrected chi connectivity index (χ2v) is 6.63. The van der Waals surface area contributed by atoms with Crippen LogP contribution in [0.2, 0.25) is 10.0 Å². The van der Waals surface area contributed by atoms with Gasteiger partial charge >= 0.3 is 5.97 Å². The Kier molecular flexibility index (Phi) is 4.96. The summed E-state index contributed by atoms with van der Waals surface area (Å²) < 4.78 is 15.2. The predicted octanol–water partition coefficient (Wildman–Crippen LogP) is 4.83. The van der Waals surface area contributed by atoms with Gasteiger partial charge in [0.1, 0.15) is 11.2 Å². The van der Waals surface area contributed by atoms with Gasteiger partial charge in [-0.05, 0) is 30.3 Å². The summed E-state index contributed by atoms with van der Waals surface area (Å²) in [4.78, 5) is 29.1. The zero-order valence-electron chi connectivity index (χ0n) is 14.7. The number of nitrogens with one attached hydrogen (secondary N) is 1. The first-order valence-electron chi connectivity index (χ1n) is 8.16. The number of methoxy groups -OCH3 is 1. The van der Waals surface area contributed by atoms with Crippen LogP contribution in [0.5, 0.6) is 0 Å². The van der Waals surface area contributed by atoms with E-state index in [1.807, 2.05) is 0 Å². The number of oxazole rings is 1. The molecule has 1 N–H and O–H groups in total. The van der Waals surface area contributed by atoms with E-state index < -0.39 is 11.9 Å². The third-order valence-corrected chi connectivity index (χ3v) is 4.73. The lowest BCUT2D eigenvalue weighted by molar-refractivity contribution is 0.0602. The van der Waals surface area contributed by atoms with Gasteiger partial charge in [-0.25, -0.2) is 9.78 Å². The van der Waals surface area contributed by atoms with E-state index in [1.54, 1.807) is 30.3 Å². The van der Waals surface area contributed by atoms with Crippen molar-refractivity contribution in [1.82, 2.24) is 10.1 Å². The summed E-state index contributed by atoms with van der Waals surface area (Å²) in [7, 11) is 1.19. The molecule has 146 valence electrons. The molecule has 4 aromatic rings. The molecule has 2 aromatic carbocycles. The van der Waals surface area contributed by atoms with Crippen LogP contribution in [0.4, 0.5) is 5.88 Å². The Morgan fingerprint density at radius 3 is 2.62 bits per heavy atom. The second-order valence-electron chi connectivity index (χ2n) is 5.81. The van der Waals surface area contributed by atoms with Crippen molar-refractivity contribution in [1.29, 1.82) is 0 Å². The summed E-state index contributed by atoms with van der Waals surface area (Å²) in [5.41, 5.74) is 1.53. The number of halogens is 2. The Morgan fingerprint density at radius 1 is 1.14 bits per heavy atom. The van der Waals surface area contributed by atoms with Gasteiger partial charge in [-0.3, -0.25) is 10.1 Å². The minimum absolute atomic E-state index is 0.0507. The maximum atomic E-state index is 12.7. The Morgan fingerprint density at radius 2 is 1.90 bits per heavy atom. The Bertz CT molecular complexity index is 1230. The third kappa shape index (κ3) is 3.43. The largest absolute Gasteiger partial charge is 0.465 e. The molecule has 1 amide bonds. The molecule has 0 aliphatic carbocycles. The molecular formula is C19H11Cl2N3O5. The van der Waals surface area contributed by atoms with Crippen LogP contribution in [0, 0.1) is 0 Å². The summed E-state index contributed by atoms with van der Waals surface area (Å²) in [6.07, 6.45) is 1.28. The molecular weight excluding hydrogens is 421 g/mol. The van der Waals surface area contributed by atoms with Gasteiger partial charge in [-0.15, -0.1) is 0 Å². The third-order valence-electron chi connectivity index (χ3n) is 4.10. The molecule has 0 radical (unpaired) electrons. The van der Waals surface area contributed by atoms with Crippen molar-refractivity contribution < 1.29 is 23.3 Å². The first kappa shape index (κ1) is 19.0. The number of fused-ring (bicyclic) bond motifs is 1. The summed E-state index contributed by atoms with van der Waals surface area (Å²) in [5, 5.41) is 6.90. The molecule has 0 unspecified atom stereocenters. The van der Waals surface area contributed by atoms with Crippen LogP contribution in [0.1, 0.15) is 20.7 Å². The number of hydrogen-bond donors (Lipinski definition) is 1. The lowest BCUT2D eigenvalue weighted by Crippen LogP contribution is -2.14. The van der Waals surface area contributed by atoms with E-state index in [2.05, 4.69) is 15.5 Å². The Hall–Kier alpha value is -3.36. The van der Waals surface area contributed by atoms with Crippen molar-refractivity contribution in [2.75, 3.05) is 12.4 Å². The Labute approximate surface area is 173 Å². The summed E-state index contributed by atoms with van der Waals surface area (Å²) >= 11 is 12.4. The maximum Gasteiger partial charge on any atom is 0.345 e. The molecule has 4 rings (SSSR count). The fraction of sp³-hybridized carbons (Fsp3) is 0.0526. The molecule has 8 nitrogen and oxygen atoms in total. The zero-order valence-corrected chi connectivity index (χ0v) is 16.2. The molecule has 0 fully saturated rings. The standard InChI is InChI=1S/C19H11Cl2N3O5/c1-27-19(26)15-16(14-10(20)3-2-4-11(14)21)24-29-18(15)23-17(25)9-5-6-13-12(7-9)22-8-28-13/h2-8H,1H3,(H,23,25). The number of benzene rings is 2. The van der Waals surface area contributed by atoms with E-state index in [0.717, 1.165) is 0 Å². The van der Waals surface area contributed by atoms with Crippen molar-refractivity contribution >= 4 is 52.1 Å². The van der Waals surface area contributed by atoms with Crippen LogP contribution in [-0.4, -0.2) is 29.1 Å². The summed E-state index contributed by atoms with van der Waals surface area (Å²) in [6, 6.07) is 9.51. The first-order valence-corrected chi connectivity index (χ1v) is 8.92. The fourth-order valence-corrected chi connectivity index (χ4v) is 3.31. The lowest BCUT2D eigenvalue weighted by Gasteiger charge is -2.07. The van der Waals surface area contributed by atoms with Gasteiger partial charge < -0.3 is 13.7 Å². The van der Waals surface area contributed by atoms with Gasteiger partial charge in [0.2, 0.25) is 5.88 Å². The molecule has 29 heavy (non-hydrogen) atoms. The van der Waals surface area contributed by atoms with Gasteiger partial charge in [0, 0.05) is 11.1 Å². The van der Waals surface area contributed by atoms with Crippen LogP contribution in [-0.2, 0) is 4.74 Å². The monoisotopic (exact) mass is 431 g/mol. The van der Waals surface area contributed by atoms with Crippen molar-refractivity contribution in [2.45, 2.75) is 0 Å². The number of rotatable bonds is 4. The first-order chi connectivity index (χ1) is 14.0. The average Bonchev–Trinajstić information content (AvgIpc) is 3.33. The lowest BCUT2D eigenvalue weighted by atomic mass is 10.1. The molecule has 2 heterocycles. The van der Waals surface area contributed by atoms with Crippen LogP contribution >= 0.6 is 23.2 Å². The van der Waals surface area contributed by atoms with Gasteiger partial charge in [0.25, 0.3) is 5.91 Å². The number of ether oxygens (including phenoxy) is 1. The predicted molar refractivity (Wildman–Crippen MR) is 105 cm³/mol. The van der Waals surface area contributed by atoms with E-state index in [1.165, 1.54) is 19.6 Å². The quantitative estimate of drug-likeness (QED) is 0.461. The number of carbonyl (C=O) groups excluding carboxylic acids is 2. The van der Waals surface area contributed by atoms with Crippen LogP contribution in [0.15, 0.2) is 51.7 Å². The van der Waals surface area contributed by atoms with E-state index in [4.69, 9.17) is 36.9 Å². The molecule has 0 spiro atoms. The number of esters is 1. The number of aromatic nitrogens is 2. The van der Waals surface area contributed by atoms with Gasteiger partial charge in [0.15, 0.2) is 17.5 Å². The average molecular weight is 432 g/mol. The topological polar surface area (TPSA) is 107 Å². The van der Waals surface area contributed by atoms with Gasteiger partial charge in [0.05, 0.1) is 17.2 Å². The number of amides is 1. The normalized spacial score (nSPS) is 10.9. The number of nitrogens with zero attached hydrogens (tertiary/aromatic N) is 2. The summed E-state index contributed by atoms with van der Waals surface area (Å²) in [6.45, 7) is 0. The van der Waals surface area contributed by atoms with Crippen molar-refractivity contribution in [3.8, 4) is 11.3 Å². The van der Waals surface area contributed by atoms with Crippen LogP contribution in [0.25, 0.3) is 22.4 Å². The molecule has 2 aromatic heterocycles. The Balaban J connectivity index is 1.75. The number of carbonyl (C=O) groups is 2. The molecule has 0 saturated carbocycles. The van der Waals surface area contributed by atoms with Crippen molar-refractivity contribution in [3.05, 3.63) is 64.0 Å². The molecule has 0 aliphatic rings. The minimum atomic E-state index is -0.778. The maximum absolute atomic E-state index is 12.7. The van der Waals surface area contributed by atoms with Crippen molar-refractivity contribution in [3.63, 3.8) is 0 Å². The van der Waals surface area contributed by atoms with Gasteiger partial charge in [-0.2, -0.15) is 0 Å². The highest BCUT2D eigenvalue weighted by molar-refractivity contribution is 6.39. The van der Waals surface area contributed by atoms with Crippen molar-refractivity contribution in [2.24, 2.45) is 0 Å². The molecule has 10 heteroatoms. The van der Waals surface area contributed by atoms with E-state index in [0.29, 0.717) is 11.1 Å². The SMILES string of the molecule is COC(=O)c1c(-c2c(Cl)cccc2Cl)noc1NC(=O)c1ccc2ocnc2c1. The molecule has 0 atom stereocenters. The van der Waals surface area contributed by atoms with Gasteiger partial charge in [-0.1, -0.05) is 34.4 Å². The number of anilines is 1. The second kappa shape index (κ2) is 7.57. The minimum Gasteiger partial charge on any atom is -0.465 e. The smallest absolute Gasteiger partial charge is 0.345 e. The summed E-state index contributed by atoms with van der Waals surface area (Å²) in [5.74, 6) is -1.53. The zero-order chi connectivity index (χ0) is 20.5. The van der Waals surface area contributed by atoms with Crippen LogP contribution < -0.4 is 5.32 Å².